The zero-order valence-electron chi connectivity index (χ0n) is 23.3. The first-order valence-corrected chi connectivity index (χ1v) is 13.3. The number of esters is 3. The van der Waals surface area contributed by atoms with Crippen molar-refractivity contribution in [2.75, 3.05) is 6.79 Å². The summed E-state index contributed by atoms with van der Waals surface area (Å²) in [7, 11) is 0. The number of amides is 2. The predicted molar refractivity (Wildman–Crippen MR) is 143 cm³/mol. The summed E-state index contributed by atoms with van der Waals surface area (Å²) < 4.78 is 15.5. The van der Waals surface area contributed by atoms with E-state index in [2.05, 4.69) is 5.32 Å². The van der Waals surface area contributed by atoms with Crippen LogP contribution in [0.15, 0.2) is 60.7 Å². The van der Waals surface area contributed by atoms with Crippen LogP contribution in [-0.4, -0.2) is 70.8 Å². The van der Waals surface area contributed by atoms with Gasteiger partial charge in [-0.05, 0) is 31.9 Å². The molecule has 2 aromatic carbocycles. The number of ether oxygens (including phenoxy) is 3. The van der Waals surface area contributed by atoms with E-state index in [1.807, 2.05) is 6.07 Å². The van der Waals surface area contributed by atoms with Gasteiger partial charge in [-0.25, -0.2) is 4.79 Å². The maximum Gasteiger partial charge on any atom is 0.332 e. The fourth-order valence-corrected chi connectivity index (χ4v) is 4.97. The number of β-lactam (4-membered cyclic amide) rings is 1. The third-order valence-electron chi connectivity index (χ3n) is 7.27. The smallest absolute Gasteiger partial charge is 0.332 e. The van der Waals surface area contributed by atoms with Gasteiger partial charge in [-0.2, -0.15) is 0 Å². The van der Waals surface area contributed by atoms with Gasteiger partial charge in [-0.1, -0.05) is 67.6 Å². The van der Waals surface area contributed by atoms with Crippen LogP contribution in [-0.2, 0) is 44.8 Å². The van der Waals surface area contributed by atoms with E-state index in [0.717, 1.165) is 5.56 Å². The van der Waals surface area contributed by atoms with Gasteiger partial charge in [0.05, 0.1) is 17.6 Å². The second kappa shape index (κ2) is 12.1. The third-order valence-corrected chi connectivity index (χ3v) is 7.27. The molecule has 41 heavy (non-hydrogen) atoms. The molecule has 11 heteroatoms. The van der Waals surface area contributed by atoms with Crippen molar-refractivity contribution in [1.29, 1.82) is 0 Å². The van der Waals surface area contributed by atoms with E-state index < -0.39 is 78.0 Å². The minimum atomic E-state index is -1.36. The van der Waals surface area contributed by atoms with Gasteiger partial charge in [0, 0.05) is 5.92 Å². The Balaban J connectivity index is 1.43. The molecule has 2 aromatic rings. The zero-order valence-corrected chi connectivity index (χ0v) is 23.3. The maximum atomic E-state index is 13.4. The normalized spacial score (nSPS) is 24.0. The van der Waals surface area contributed by atoms with E-state index >= 15 is 0 Å². The van der Waals surface area contributed by atoms with Crippen LogP contribution in [0.1, 0.15) is 44.7 Å². The van der Waals surface area contributed by atoms with Gasteiger partial charge in [0.2, 0.25) is 18.6 Å². The zero-order chi connectivity index (χ0) is 29.9. The number of hydrogen-bond acceptors (Lipinski definition) is 9. The van der Waals surface area contributed by atoms with Crippen molar-refractivity contribution >= 4 is 29.7 Å². The topological polar surface area (TPSA) is 149 Å². The van der Waals surface area contributed by atoms with Gasteiger partial charge in [-0.3, -0.25) is 19.2 Å². The van der Waals surface area contributed by atoms with Crippen molar-refractivity contribution in [1.82, 2.24) is 10.2 Å². The first kappa shape index (κ1) is 29.7. The maximum absolute atomic E-state index is 13.4. The Labute approximate surface area is 237 Å². The number of carbonyl (C=O) groups excluding carboxylic acids is 5. The fraction of sp³-hybridized carbons (Fsp3) is 0.433. The van der Waals surface area contributed by atoms with Crippen molar-refractivity contribution in [2.45, 2.75) is 64.4 Å². The second-order valence-electron chi connectivity index (χ2n) is 11.2. The average molecular weight is 567 g/mol. The molecule has 6 atom stereocenters. The Morgan fingerprint density at radius 1 is 0.951 bits per heavy atom. The largest absolute Gasteiger partial charge is 0.460 e. The molecule has 2 aliphatic heterocycles. The minimum Gasteiger partial charge on any atom is -0.460 e. The quantitative estimate of drug-likeness (QED) is 0.200. The van der Waals surface area contributed by atoms with Crippen LogP contribution < -0.4 is 5.32 Å². The molecular weight excluding hydrogens is 532 g/mol. The molecule has 0 aromatic heterocycles. The predicted octanol–water partition coefficient (Wildman–Crippen LogP) is 1.68. The van der Waals surface area contributed by atoms with Crippen molar-refractivity contribution in [3.05, 3.63) is 71.8 Å². The molecule has 5 unspecified atom stereocenters. The third kappa shape index (κ3) is 6.25. The van der Waals surface area contributed by atoms with Crippen molar-refractivity contribution < 1.29 is 43.3 Å². The van der Waals surface area contributed by atoms with Crippen LogP contribution in [0.25, 0.3) is 0 Å². The Hall–Kier alpha value is -4.25. The highest BCUT2D eigenvalue weighted by Crippen LogP contribution is 2.40. The molecule has 2 amide bonds. The lowest BCUT2D eigenvalue weighted by Crippen LogP contribution is -2.73. The van der Waals surface area contributed by atoms with Gasteiger partial charge in [0.15, 0.2) is 5.92 Å². The fourth-order valence-electron chi connectivity index (χ4n) is 4.97. The molecule has 4 rings (SSSR count). The lowest BCUT2D eigenvalue weighted by Gasteiger charge is -2.45. The molecule has 218 valence electrons. The lowest BCUT2D eigenvalue weighted by atomic mass is 9.90. The number of aliphatic hydroxyl groups is 1. The number of rotatable bonds is 9. The first-order valence-electron chi connectivity index (χ1n) is 13.3. The number of aliphatic hydroxyl groups excluding tert-OH is 1. The highest BCUT2D eigenvalue weighted by atomic mass is 16.7. The summed E-state index contributed by atoms with van der Waals surface area (Å²) in [6, 6.07) is 14.1. The number of carbonyl (C=O) groups is 5. The number of fused-ring (bicyclic) bond motifs is 1. The molecule has 2 aliphatic rings. The standard InChI is InChI=1S/C30H34N2O9/c1-17-22(28(37)40-16-41-29(38)30(2,3)4)32-23(24(17)33)21(26(32)35)31-25(34)20(19-13-9-6-10-14-19)27(36)39-15-18-11-7-5-8-12-18/h5-14,17,20-24,33H,15-16H2,1-4H3,(H,31,34)/t17?,20?,21?,22?,23-,24?/m0/s1. The molecule has 2 saturated heterocycles. The molecule has 11 nitrogen and oxygen atoms in total. The molecule has 0 aliphatic carbocycles. The number of nitrogens with one attached hydrogen (secondary N) is 1. The molecule has 2 N–H and O–H groups in total. The van der Waals surface area contributed by atoms with Crippen LogP contribution in [0.4, 0.5) is 0 Å². The Morgan fingerprint density at radius 3 is 2.17 bits per heavy atom. The van der Waals surface area contributed by atoms with Gasteiger partial charge < -0.3 is 29.5 Å². The van der Waals surface area contributed by atoms with Gasteiger partial charge >= 0.3 is 17.9 Å². The Kier molecular flexibility index (Phi) is 8.77. The summed E-state index contributed by atoms with van der Waals surface area (Å²) in [5, 5.41) is 13.5. The van der Waals surface area contributed by atoms with Crippen molar-refractivity contribution in [3.63, 3.8) is 0 Å². The van der Waals surface area contributed by atoms with Crippen LogP contribution in [0.3, 0.4) is 0 Å². The van der Waals surface area contributed by atoms with E-state index in [4.69, 9.17) is 14.2 Å². The van der Waals surface area contributed by atoms with Gasteiger partial charge in [-0.15, -0.1) is 0 Å². The van der Waals surface area contributed by atoms with Gasteiger partial charge in [0.1, 0.15) is 18.7 Å². The SMILES string of the molecule is CC1C(O)[C@@H]2C(NC(=O)C(C(=O)OCc3ccccc3)c3ccccc3)C(=O)N2C1C(=O)OCOC(=O)C(C)(C)C. The Bertz CT molecular complexity index is 1290. The highest BCUT2D eigenvalue weighted by Gasteiger charge is 2.64. The summed E-state index contributed by atoms with van der Waals surface area (Å²) >= 11 is 0. The van der Waals surface area contributed by atoms with Crippen LogP contribution in [0.2, 0.25) is 0 Å². The van der Waals surface area contributed by atoms with Crippen LogP contribution in [0.5, 0.6) is 0 Å². The molecule has 0 bridgehead atoms. The summed E-state index contributed by atoms with van der Waals surface area (Å²) in [5.74, 6) is -5.68. The second-order valence-corrected chi connectivity index (χ2v) is 11.2. The monoisotopic (exact) mass is 566 g/mol. The molecule has 0 radical (unpaired) electrons. The summed E-state index contributed by atoms with van der Waals surface area (Å²) in [4.78, 5) is 65.6. The Morgan fingerprint density at radius 2 is 1.56 bits per heavy atom. The van der Waals surface area contributed by atoms with E-state index in [9.17, 15) is 29.1 Å². The highest BCUT2D eigenvalue weighted by molar-refractivity contribution is 6.06. The van der Waals surface area contributed by atoms with Crippen LogP contribution in [0, 0.1) is 11.3 Å². The van der Waals surface area contributed by atoms with Crippen molar-refractivity contribution in [2.24, 2.45) is 11.3 Å². The van der Waals surface area contributed by atoms with Crippen molar-refractivity contribution in [3.8, 4) is 0 Å². The number of hydrogen-bond donors (Lipinski definition) is 2. The number of benzene rings is 2. The van der Waals surface area contributed by atoms with Gasteiger partial charge in [0.25, 0.3) is 0 Å². The average Bonchev–Trinajstić information content (AvgIpc) is 3.18. The minimum absolute atomic E-state index is 0.0415. The summed E-state index contributed by atoms with van der Waals surface area (Å²) in [6.45, 7) is 5.85. The first-order chi connectivity index (χ1) is 19.4. The molecule has 0 spiro atoms. The van der Waals surface area contributed by atoms with E-state index in [-0.39, 0.29) is 6.61 Å². The molecular formula is C30H34N2O9. The van der Waals surface area contributed by atoms with E-state index in [0.29, 0.717) is 5.56 Å². The lowest BCUT2D eigenvalue weighted by molar-refractivity contribution is -0.180. The van der Waals surface area contributed by atoms with E-state index in [1.54, 1.807) is 82.3 Å². The number of nitrogens with zero attached hydrogens (tertiary/aromatic N) is 1. The summed E-state index contributed by atoms with van der Waals surface area (Å²) in [5.41, 5.74) is 0.323. The molecule has 2 fully saturated rings. The summed E-state index contributed by atoms with van der Waals surface area (Å²) in [6.07, 6.45) is -1.16. The van der Waals surface area contributed by atoms with Crippen LogP contribution >= 0.6 is 0 Å². The molecule has 2 heterocycles. The molecule has 0 saturated carbocycles. The van der Waals surface area contributed by atoms with E-state index in [1.165, 1.54) is 4.90 Å².